The summed E-state index contributed by atoms with van der Waals surface area (Å²) in [4.78, 5) is 12.5. The zero-order valence-electron chi connectivity index (χ0n) is 12.1. The third-order valence-corrected chi connectivity index (χ3v) is 4.94. The molecule has 1 aromatic carbocycles. The number of rotatable bonds is 3. The number of hydrogen-bond acceptors (Lipinski definition) is 4. The van der Waals surface area contributed by atoms with Gasteiger partial charge in [0.25, 0.3) is 0 Å². The zero-order valence-corrected chi connectivity index (χ0v) is 13.7. The molecule has 0 atom stereocenters. The summed E-state index contributed by atoms with van der Waals surface area (Å²) in [6.45, 7) is 1.49. The topological polar surface area (TPSA) is 37.3 Å². The molecule has 1 aromatic heterocycles. The van der Waals surface area contributed by atoms with Crippen molar-refractivity contribution in [3.8, 4) is 0 Å². The molecule has 2 rings (SSSR count). The number of aliphatic hydroxyl groups excluding tert-OH is 1. The maximum Gasteiger partial charge on any atom is 0.398 e. The number of alkyl halides is 3. The van der Waals surface area contributed by atoms with E-state index < -0.39 is 17.0 Å². The quantitative estimate of drug-likeness (QED) is 0.913. The van der Waals surface area contributed by atoms with Crippen LogP contribution in [0.15, 0.2) is 41.8 Å². The van der Waals surface area contributed by atoms with Gasteiger partial charge in [0.05, 0.1) is 10.6 Å². The van der Waals surface area contributed by atoms with Crippen molar-refractivity contribution >= 4 is 39.5 Å². The van der Waals surface area contributed by atoms with Crippen LogP contribution in [0, 0.1) is 0 Å². The Hall–Kier alpha value is -1.73. The highest BCUT2D eigenvalue weighted by Gasteiger charge is 2.28. The molecule has 23 heavy (non-hydrogen) atoms. The number of thioether (sulfide) groups is 1. The molecule has 2 nitrogen and oxygen atoms in total. The van der Waals surface area contributed by atoms with Crippen molar-refractivity contribution in [2.45, 2.75) is 13.1 Å². The minimum Gasteiger partial charge on any atom is -0.506 e. The standard InChI is InChI=1S/C16H13F3O2S2/c1-10(15(21)23-9-16(17,18)19)11-4-6-12(7-5-11)14(20)13-3-2-8-22-13/h2-8,20H,9H2,1H3. The Morgan fingerprint density at radius 1 is 1.17 bits per heavy atom. The summed E-state index contributed by atoms with van der Waals surface area (Å²) in [5, 5.41) is 12.5. The maximum atomic E-state index is 12.1. The van der Waals surface area contributed by atoms with Crippen LogP contribution in [0.25, 0.3) is 11.3 Å². The first-order valence-electron chi connectivity index (χ1n) is 6.56. The van der Waals surface area contributed by atoms with Crippen molar-refractivity contribution in [2.75, 3.05) is 5.75 Å². The Labute approximate surface area is 139 Å². The molecule has 0 amide bonds. The molecule has 0 saturated heterocycles. The zero-order chi connectivity index (χ0) is 17.0. The van der Waals surface area contributed by atoms with E-state index in [1.54, 1.807) is 30.3 Å². The van der Waals surface area contributed by atoms with Crippen molar-refractivity contribution in [2.24, 2.45) is 0 Å². The van der Waals surface area contributed by atoms with Crippen molar-refractivity contribution in [3.05, 3.63) is 57.1 Å². The van der Waals surface area contributed by atoms with E-state index in [0.29, 0.717) is 10.4 Å². The molecule has 1 heterocycles. The van der Waals surface area contributed by atoms with Gasteiger partial charge in [-0.3, -0.25) is 4.79 Å². The van der Waals surface area contributed by atoms with Crippen LogP contribution in [-0.4, -0.2) is 22.2 Å². The van der Waals surface area contributed by atoms with Crippen LogP contribution >= 0.6 is 23.1 Å². The Kier molecular flexibility index (Phi) is 5.54. The summed E-state index contributed by atoms with van der Waals surface area (Å²) in [6.07, 6.45) is -4.37. The molecule has 0 radical (unpaired) electrons. The van der Waals surface area contributed by atoms with E-state index in [1.165, 1.54) is 18.3 Å². The predicted molar refractivity (Wildman–Crippen MR) is 87.8 cm³/mol. The summed E-state index contributed by atoms with van der Waals surface area (Å²) in [7, 11) is 0. The average molecular weight is 358 g/mol. The Morgan fingerprint density at radius 2 is 1.78 bits per heavy atom. The van der Waals surface area contributed by atoms with E-state index in [9.17, 15) is 23.1 Å². The van der Waals surface area contributed by atoms with Gasteiger partial charge in [-0.25, -0.2) is 0 Å². The number of hydrogen-bond donors (Lipinski definition) is 1. The lowest BCUT2D eigenvalue weighted by molar-refractivity contribution is -0.110. The fourth-order valence-electron chi connectivity index (χ4n) is 1.81. The molecule has 0 spiro atoms. The summed E-state index contributed by atoms with van der Waals surface area (Å²) in [5.41, 5.74) is 0.251. The number of carbonyl (C=O) groups is 1. The molecule has 1 N–H and O–H groups in total. The van der Waals surface area contributed by atoms with E-state index in [0.717, 1.165) is 4.88 Å². The molecule has 0 saturated carbocycles. The molecule has 0 fully saturated rings. The van der Waals surface area contributed by atoms with Crippen molar-refractivity contribution < 1.29 is 23.1 Å². The SMILES string of the molecule is CC(C(=O)SCC(F)(F)F)=c1ccc(=C(O)c2cccs2)cc1. The van der Waals surface area contributed by atoms with Crippen LogP contribution in [0.2, 0.25) is 0 Å². The molecule has 0 aliphatic carbocycles. The molecule has 0 aliphatic heterocycles. The molecule has 2 aromatic rings. The maximum absolute atomic E-state index is 12.1. The second-order valence-electron chi connectivity index (χ2n) is 4.72. The number of thiophene rings is 1. The molecule has 0 unspecified atom stereocenters. The molecule has 122 valence electrons. The van der Waals surface area contributed by atoms with Gasteiger partial charge >= 0.3 is 6.18 Å². The first kappa shape index (κ1) is 17.6. The third kappa shape index (κ3) is 4.87. The summed E-state index contributed by atoms with van der Waals surface area (Å²) < 4.78 is 36.4. The highest BCUT2D eigenvalue weighted by Crippen LogP contribution is 2.23. The van der Waals surface area contributed by atoms with E-state index in [4.69, 9.17) is 0 Å². The Balaban J connectivity index is 2.27. The number of aliphatic hydroxyl groups is 1. The van der Waals surface area contributed by atoms with Crippen molar-refractivity contribution in [1.82, 2.24) is 0 Å². The highest BCUT2D eigenvalue weighted by molar-refractivity contribution is 8.14. The molecule has 0 aliphatic rings. The lowest BCUT2D eigenvalue weighted by atomic mass is 10.1. The Bertz CT molecular complexity index is 785. The van der Waals surface area contributed by atoms with Gasteiger partial charge in [-0.15, -0.1) is 11.3 Å². The van der Waals surface area contributed by atoms with Gasteiger partial charge in [0.1, 0.15) is 5.76 Å². The Morgan fingerprint density at radius 3 is 2.30 bits per heavy atom. The molecular formula is C16H13F3O2S2. The first-order valence-corrected chi connectivity index (χ1v) is 8.42. The molecular weight excluding hydrogens is 345 g/mol. The van der Waals surface area contributed by atoms with Crippen LogP contribution < -0.4 is 10.4 Å². The van der Waals surface area contributed by atoms with E-state index in [2.05, 4.69) is 0 Å². The summed E-state index contributed by atoms with van der Waals surface area (Å²) >= 11 is 1.63. The predicted octanol–water partition coefficient (Wildman–Crippen LogP) is 3.46. The minimum absolute atomic E-state index is 0.127. The van der Waals surface area contributed by atoms with Gasteiger partial charge < -0.3 is 5.11 Å². The van der Waals surface area contributed by atoms with Crippen LogP contribution in [-0.2, 0) is 4.79 Å². The van der Waals surface area contributed by atoms with Crippen molar-refractivity contribution in [3.63, 3.8) is 0 Å². The minimum atomic E-state index is -4.37. The molecule has 7 heteroatoms. The van der Waals surface area contributed by atoms with Gasteiger partial charge in [0, 0.05) is 10.8 Å². The van der Waals surface area contributed by atoms with Crippen LogP contribution in [0.3, 0.4) is 0 Å². The molecule has 0 bridgehead atoms. The first-order chi connectivity index (χ1) is 10.8. The number of halogens is 3. The smallest absolute Gasteiger partial charge is 0.398 e. The third-order valence-electron chi connectivity index (χ3n) is 3.02. The number of carbonyl (C=O) groups excluding carboxylic acids is 1. The average Bonchev–Trinajstić information content (AvgIpc) is 3.05. The largest absolute Gasteiger partial charge is 0.506 e. The number of benzene rings is 1. The summed E-state index contributed by atoms with van der Waals surface area (Å²) in [5.74, 6) is -1.07. The van der Waals surface area contributed by atoms with Crippen LogP contribution in [0.4, 0.5) is 13.2 Å². The van der Waals surface area contributed by atoms with Crippen molar-refractivity contribution in [1.29, 1.82) is 0 Å². The van der Waals surface area contributed by atoms with E-state index >= 15 is 0 Å². The fraction of sp³-hybridized carbons (Fsp3) is 0.188. The monoisotopic (exact) mass is 358 g/mol. The normalized spacial score (nSPS) is 11.3. The van der Waals surface area contributed by atoms with E-state index in [-0.39, 0.29) is 23.1 Å². The van der Waals surface area contributed by atoms with E-state index in [1.807, 2.05) is 11.4 Å². The van der Waals surface area contributed by atoms with Gasteiger partial charge in [0.2, 0.25) is 5.12 Å². The van der Waals surface area contributed by atoms with Crippen LogP contribution in [0.5, 0.6) is 0 Å². The fourth-order valence-corrected chi connectivity index (χ4v) is 3.13. The lowest BCUT2D eigenvalue weighted by Crippen LogP contribution is -2.17. The van der Waals surface area contributed by atoms with Gasteiger partial charge in [-0.1, -0.05) is 42.1 Å². The van der Waals surface area contributed by atoms with Gasteiger partial charge in [-0.05, 0) is 23.6 Å². The van der Waals surface area contributed by atoms with Crippen LogP contribution in [0.1, 0.15) is 11.8 Å². The summed E-state index contributed by atoms with van der Waals surface area (Å²) in [6, 6.07) is 10.1. The van der Waals surface area contributed by atoms with Gasteiger partial charge in [0.15, 0.2) is 0 Å². The second kappa shape index (κ2) is 7.23. The lowest BCUT2D eigenvalue weighted by Gasteiger charge is -2.05. The van der Waals surface area contributed by atoms with Gasteiger partial charge in [-0.2, -0.15) is 13.2 Å². The second-order valence-corrected chi connectivity index (χ2v) is 6.62. The highest BCUT2D eigenvalue weighted by atomic mass is 32.2.